The highest BCUT2D eigenvalue weighted by molar-refractivity contribution is 5.69. The Kier molecular flexibility index (Phi) is 8.30. The fourth-order valence-corrected chi connectivity index (χ4v) is 6.11. The van der Waals surface area contributed by atoms with Gasteiger partial charge in [0.25, 0.3) is 0 Å². The van der Waals surface area contributed by atoms with Gasteiger partial charge in [0.05, 0.1) is 18.7 Å². The normalized spacial score (nSPS) is 31.7. The molecule has 0 amide bonds. The highest BCUT2D eigenvalue weighted by Gasteiger charge is 2.53. The van der Waals surface area contributed by atoms with Gasteiger partial charge >= 0.3 is 11.9 Å². The first-order chi connectivity index (χ1) is 16.1. The molecule has 0 heterocycles. The molecule has 0 saturated heterocycles. The quantitative estimate of drug-likeness (QED) is 0.248. The second-order valence-corrected chi connectivity index (χ2v) is 10.7. The Morgan fingerprint density at radius 1 is 1.03 bits per heavy atom. The summed E-state index contributed by atoms with van der Waals surface area (Å²) in [5.74, 6) is 2.46. The van der Waals surface area contributed by atoms with E-state index in [4.69, 9.17) is 14.6 Å². The number of hydrogen-bond donors (Lipinski definition) is 1. The molecule has 0 aromatic rings. The number of ether oxygens (including phenoxy) is 2. The van der Waals surface area contributed by atoms with E-state index in [-0.39, 0.29) is 25.7 Å². The second kappa shape index (κ2) is 10.8. The summed E-state index contributed by atoms with van der Waals surface area (Å²) in [4.78, 5) is 23.1. The maximum atomic E-state index is 12.3. The van der Waals surface area contributed by atoms with Crippen molar-refractivity contribution < 1.29 is 24.2 Å². The average molecular weight is 473 g/mol. The van der Waals surface area contributed by atoms with Crippen LogP contribution in [0, 0.1) is 52.3 Å². The standard InChI is InChI=1S/C25H36N4O5/c1-16(33-13-18-11-17-12-21(18)20-6-4-5-19(17)20)34-23(32)8-10-25(3,15-27)29-28-24(2,14-26)9-7-22(30)31/h16-21H,4-13H2,1-3H3,(H,30,31)/b29-28-. The van der Waals surface area contributed by atoms with E-state index in [1.165, 1.54) is 46.0 Å². The highest BCUT2D eigenvalue weighted by Crippen LogP contribution is 2.60. The second-order valence-electron chi connectivity index (χ2n) is 10.7. The molecule has 9 nitrogen and oxygen atoms in total. The first-order valence-corrected chi connectivity index (χ1v) is 12.4. The lowest BCUT2D eigenvalue weighted by atomic mass is 9.76. The minimum Gasteiger partial charge on any atom is -0.481 e. The van der Waals surface area contributed by atoms with Crippen molar-refractivity contribution in [2.75, 3.05) is 6.61 Å². The van der Waals surface area contributed by atoms with Crippen molar-refractivity contribution in [1.82, 2.24) is 0 Å². The van der Waals surface area contributed by atoms with Crippen molar-refractivity contribution in [3.05, 3.63) is 0 Å². The zero-order valence-electron chi connectivity index (χ0n) is 20.4. The van der Waals surface area contributed by atoms with Crippen LogP contribution in [0.1, 0.15) is 78.6 Å². The average Bonchev–Trinajstić information content (AvgIpc) is 3.53. The van der Waals surface area contributed by atoms with E-state index in [0.717, 1.165) is 23.7 Å². The van der Waals surface area contributed by atoms with Crippen molar-refractivity contribution in [3.8, 4) is 12.1 Å². The van der Waals surface area contributed by atoms with E-state index in [1.807, 2.05) is 12.1 Å². The van der Waals surface area contributed by atoms with Gasteiger partial charge in [-0.2, -0.15) is 20.8 Å². The molecule has 8 unspecified atom stereocenters. The van der Waals surface area contributed by atoms with Crippen molar-refractivity contribution in [2.45, 2.75) is 95.9 Å². The number of hydrogen-bond acceptors (Lipinski definition) is 8. The Labute approximate surface area is 201 Å². The van der Waals surface area contributed by atoms with Crippen LogP contribution in [0.15, 0.2) is 10.2 Å². The SMILES string of the molecule is CC(OCC1CC2CC1C1CCCC21)OC(=O)CCC(C)(C#N)/N=N\C(C)(C#N)CCC(=O)O. The summed E-state index contributed by atoms with van der Waals surface area (Å²) in [6.07, 6.45) is 5.78. The molecule has 1 N–H and O–H groups in total. The molecule has 3 saturated carbocycles. The van der Waals surface area contributed by atoms with Crippen LogP contribution in [0.5, 0.6) is 0 Å². The smallest absolute Gasteiger partial charge is 0.308 e. The summed E-state index contributed by atoms with van der Waals surface area (Å²) in [5, 5.41) is 35.6. The van der Waals surface area contributed by atoms with Gasteiger partial charge in [0.15, 0.2) is 17.4 Å². The lowest BCUT2D eigenvalue weighted by Crippen LogP contribution is -2.30. The minimum absolute atomic E-state index is 0.0231. The zero-order chi connectivity index (χ0) is 24.9. The van der Waals surface area contributed by atoms with E-state index in [0.29, 0.717) is 12.5 Å². The van der Waals surface area contributed by atoms with Crippen LogP contribution < -0.4 is 0 Å². The van der Waals surface area contributed by atoms with Crippen LogP contribution in [-0.4, -0.2) is 41.0 Å². The van der Waals surface area contributed by atoms with Crippen LogP contribution in [-0.2, 0) is 19.1 Å². The van der Waals surface area contributed by atoms with Crippen molar-refractivity contribution in [2.24, 2.45) is 39.8 Å². The number of aliphatic carboxylic acids is 1. The monoisotopic (exact) mass is 472 g/mol. The third-order valence-corrected chi connectivity index (χ3v) is 8.02. The highest BCUT2D eigenvalue weighted by atomic mass is 16.7. The number of nitrogens with zero attached hydrogens (tertiary/aromatic N) is 4. The van der Waals surface area contributed by atoms with Gasteiger partial charge in [-0.05, 0) is 88.9 Å². The predicted molar refractivity (Wildman–Crippen MR) is 121 cm³/mol. The zero-order valence-corrected chi connectivity index (χ0v) is 20.4. The summed E-state index contributed by atoms with van der Waals surface area (Å²) in [6.45, 7) is 5.32. The molecule has 3 aliphatic rings. The van der Waals surface area contributed by atoms with Crippen molar-refractivity contribution in [1.29, 1.82) is 10.5 Å². The van der Waals surface area contributed by atoms with Gasteiger partial charge in [-0.15, -0.1) is 0 Å². The number of fused-ring (bicyclic) bond motifs is 5. The van der Waals surface area contributed by atoms with Gasteiger partial charge in [-0.25, -0.2) is 0 Å². The summed E-state index contributed by atoms with van der Waals surface area (Å²) >= 11 is 0. The molecular formula is C25H36N4O5. The molecule has 0 aromatic carbocycles. The summed E-state index contributed by atoms with van der Waals surface area (Å²) in [6, 6.07) is 3.96. The molecular weight excluding hydrogens is 436 g/mol. The number of carbonyl (C=O) groups excluding carboxylic acids is 1. The van der Waals surface area contributed by atoms with Gasteiger partial charge in [0.1, 0.15) is 0 Å². The number of esters is 1. The molecule has 3 aliphatic carbocycles. The maximum absolute atomic E-state index is 12.3. The number of carbonyl (C=O) groups is 2. The van der Waals surface area contributed by atoms with Crippen LogP contribution in [0.2, 0.25) is 0 Å². The number of nitriles is 2. The fraction of sp³-hybridized carbons (Fsp3) is 0.840. The Bertz CT molecular complexity index is 880. The van der Waals surface area contributed by atoms with Crippen LogP contribution in [0.4, 0.5) is 0 Å². The number of rotatable bonds is 12. The van der Waals surface area contributed by atoms with E-state index in [1.54, 1.807) is 6.92 Å². The first-order valence-electron chi connectivity index (χ1n) is 12.4. The topological polar surface area (TPSA) is 145 Å². The summed E-state index contributed by atoms with van der Waals surface area (Å²) in [5.41, 5.74) is -2.68. The van der Waals surface area contributed by atoms with Crippen molar-refractivity contribution >= 4 is 11.9 Å². The van der Waals surface area contributed by atoms with Gasteiger partial charge < -0.3 is 14.6 Å². The molecule has 186 valence electrons. The maximum Gasteiger partial charge on any atom is 0.308 e. The Balaban J connectivity index is 1.41. The Morgan fingerprint density at radius 2 is 1.65 bits per heavy atom. The van der Waals surface area contributed by atoms with Gasteiger partial charge in [-0.3, -0.25) is 9.59 Å². The molecule has 3 fully saturated rings. The van der Waals surface area contributed by atoms with Gasteiger partial charge in [0, 0.05) is 12.8 Å². The molecule has 0 spiro atoms. The molecule has 3 rings (SSSR count). The van der Waals surface area contributed by atoms with E-state index in [2.05, 4.69) is 10.2 Å². The fourth-order valence-electron chi connectivity index (χ4n) is 6.11. The van der Waals surface area contributed by atoms with Crippen LogP contribution in [0.25, 0.3) is 0 Å². The molecule has 0 aromatic heterocycles. The largest absolute Gasteiger partial charge is 0.481 e. The lowest BCUT2D eigenvalue weighted by Gasteiger charge is -2.32. The predicted octanol–water partition coefficient (Wildman–Crippen LogP) is 4.63. The third-order valence-electron chi connectivity index (χ3n) is 8.02. The number of carboxylic acids is 1. The lowest BCUT2D eigenvalue weighted by molar-refractivity contribution is -0.178. The van der Waals surface area contributed by atoms with E-state index in [9.17, 15) is 20.1 Å². The van der Waals surface area contributed by atoms with E-state index < -0.39 is 29.3 Å². The van der Waals surface area contributed by atoms with Crippen molar-refractivity contribution in [3.63, 3.8) is 0 Å². The number of azo groups is 1. The summed E-state index contributed by atoms with van der Waals surface area (Å²) in [7, 11) is 0. The molecule has 0 aliphatic heterocycles. The minimum atomic E-state index is -1.35. The molecule has 9 heteroatoms. The van der Waals surface area contributed by atoms with E-state index >= 15 is 0 Å². The third kappa shape index (κ3) is 6.33. The Morgan fingerprint density at radius 3 is 2.26 bits per heavy atom. The molecule has 8 atom stereocenters. The number of carboxylic acid groups (broad SMARTS) is 1. The van der Waals surface area contributed by atoms with Crippen LogP contribution >= 0.6 is 0 Å². The van der Waals surface area contributed by atoms with Gasteiger partial charge in [0.2, 0.25) is 0 Å². The van der Waals surface area contributed by atoms with Gasteiger partial charge in [-0.1, -0.05) is 6.42 Å². The molecule has 0 radical (unpaired) electrons. The first kappa shape index (κ1) is 26.1. The summed E-state index contributed by atoms with van der Waals surface area (Å²) < 4.78 is 11.3. The van der Waals surface area contributed by atoms with Crippen LogP contribution in [0.3, 0.4) is 0 Å². The Hall–Kier alpha value is -2.52. The molecule has 34 heavy (non-hydrogen) atoms. The molecule has 2 bridgehead atoms.